The number of nitrogen functional groups attached to an aromatic ring is 1. The second-order valence-electron chi connectivity index (χ2n) is 9.31. The highest BCUT2D eigenvalue weighted by atomic mass is 16.6. The Hall–Kier alpha value is -4.66. The number of esters is 2. The summed E-state index contributed by atoms with van der Waals surface area (Å²) in [6.45, 7) is 6.66. The van der Waals surface area contributed by atoms with Crippen LogP contribution in [-0.4, -0.2) is 97.5 Å². The standard InChI is InChI=1S/C26H35N9O6/c1-2-39-22(37)16-40-18-5-3-17(4-6-18)35-13-11-34(12-14-35)10-9-29-23-19(15-27)24(31-26(28)30-23)32-33-25(38)20-7-8-21(36)41-20/h3-6,15,20,27H,2,7-14,16H2,1H3,(H,33,38)(H4,28,29,30,31,32). The summed E-state index contributed by atoms with van der Waals surface area (Å²) in [6.07, 6.45) is 0.691. The Balaban J connectivity index is 1.22. The van der Waals surface area contributed by atoms with E-state index in [1.807, 2.05) is 24.3 Å². The third-order valence-corrected chi connectivity index (χ3v) is 6.54. The highest BCUT2D eigenvalue weighted by molar-refractivity contribution is 5.92. The van der Waals surface area contributed by atoms with Crippen molar-refractivity contribution in [1.29, 1.82) is 5.41 Å². The average Bonchev–Trinajstić information content (AvgIpc) is 3.42. The predicted molar refractivity (Wildman–Crippen MR) is 151 cm³/mol. The lowest BCUT2D eigenvalue weighted by Gasteiger charge is -2.36. The molecule has 1 aromatic heterocycles. The molecule has 0 radical (unpaired) electrons. The summed E-state index contributed by atoms with van der Waals surface area (Å²) in [5.74, 6) is -0.239. The number of carbonyl (C=O) groups is 3. The maximum absolute atomic E-state index is 12.3. The number of amides is 1. The average molecular weight is 570 g/mol. The van der Waals surface area contributed by atoms with Gasteiger partial charge in [-0.2, -0.15) is 9.97 Å². The Morgan fingerprint density at radius 1 is 1.17 bits per heavy atom. The predicted octanol–water partition coefficient (Wildman–Crippen LogP) is 0.381. The molecule has 1 amide bonds. The third-order valence-electron chi connectivity index (χ3n) is 6.54. The van der Waals surface area contributed by atoms with Crippen LogP contribution in [0.3, 0.4) is 0 Å². The van der Waals surface area contributed by atoms with E-state index in [1.54, 1.807) is 6.92 Å². The lowest BCUT2D eigenvalue weighted by molar-refractivity contribution is -0.147. The minimum atomic E-state index is -0.869. The molecular weight excluding hydrogens is 534 g/mol. The van der Waals surface area contributed by atoms with Crippen LogP contribution in [-0.2, 0) is 23.9 Å². The van der Waals surface area contributed by atoms with Gasteiger partial charge in [0.15, 0.2) is 18.5 Å². The maximum Gasteiger partial charge on any atom is 0.344 e. The van der Waals surface area contributed by atoms with Crippen molar-refractivity contribution in [3.8, 4) is 5.75 Å². The summed E-state index contributed by atoms with van der Waals surface area (Å²) >= 11 is 0. The van der Waals surface area contributed by atoms with Crippen LogP contribution in [0.1, 0.15) is 25.3 Å². The van der Waals surface area contributed by atoms with Crippen LogP contribution in [0, 0.1) is 5.41 Å². The third kappa shape index (κ3) is 8.17. The van der Waals surface area contributed by atoms with Crippen molar-refractivity contribution in [2.24, 2.45) is 0 Å². The van der Waals surface area contributed by atoms with Crippen molar-refractivity contribution in [1.82, 2.24) is 20.3 Å². The molecule has 0 spiro atoms. The van der Waals surface area contributed by atoms with Gasteiger partial charge in [0.1, 0.15) is 11.6 Å². The molecule has 4 rings (SSSR count). The van der Waals surface area contributed by atoms with E-state index >= 15 is 0 Å². The molecule has 15 nitrogen and oxygen atoms in total. The van der Waals surface area contributed by atoms with Crippen LogP contribution in [0.15, 0.2) is 24.3 Å². The largest absolute Gasteiger partial charge is 0.482 e. The van der Waals surface area contributed by atoms with Gasteiger partial charge in [0.25, 0.3) is 5.91 Å². The fourth-order valence-electron chi connectivity index (χ4n) is 4.43. The van der Waals surface area contributed by atoms with Gasteiger partial charge >= 0.3 is 11.9 Å². The number of ether oxygens (including phenoxy) is 3. The number of aromatic nitrogens is 2. The summed E-state index contributed by atoms with van der Waals surface area (Å²) in [6, 6.07) is 7.64. The molecule has 2 fully saturated rings. The SMILES string of the molecule is CCOC(=O)COc1ccc(N2CCN(CCNc3nc(N)nc(NNC(=O)C4CCC(=O)O4)c3C=N)CC2)cc1. The number of nitrogens with one attached hydrogen (secondary N) is 4. The Morgan fingerprint density at radius 3 is 2.56 bits per heavy atom. The zero-order valence-electron chi connectivity index (χ0n) is 22.9. The monoisotopic (exact) mass is 569 g/mol. The quantitative estimate of drug-likeness (QED) is 0.126. The number of carbonyl (C=O) groups excluding carboxylic acids is 3. The molecule has 1 unspecified atom stereocenters. The first-order chi connectivity index (χ1) is 19.9. The van der Waals surface area contributed by atoms with Gasteiger partial charge in [-0.3, -0.25) is 25.3 Å². The topological polar surface area (TPSA) is 197 Å². The fraction of sp³-hybridized carbons (Fsp3) is 0.462. The molecule has 15 heteroatoms. The van der Waals surface area contributed by atoms with Crippen LogP contribution in [0.4, 0.5) is 23.3 Å². The van der Waals surface area contributed by atoms with E-state index < -0.39 is 23.9 Å². The zero-order valence-corrected chi connectivity index (χ0v) is 22.9. The summed E-state index contributed by atoms with van der Waals surface area (Å²) in [5.41, 5.74) is 12.4. The molecular formula is C26H35N9O6. The molecule has 0 saturated carbocycles. The van der Waals surface area contributed by atoms with E-state index in [0.717, 1.165) is 44.6 Å². The summed E-state index contributed by atoms with van der Waals surface area (Å²) in [7, 11) is 0. The number of nitrogens with two attached hydrogens (primary N) is 1. The molecule has 6 N–H and O–H groups in total. The second kappa shape index (κ2) is 14.1. The number of rotatable bonds is 13. The van der Waals surface area contributed by atoms with Gasteiger partial charge in [-0.1, -0.05) is 0 Å². The van der Waals surface area contributed by atoms with Crippen molar-refractivity contribution in [3.05, 3.63) is 29.8 Å². The molecule has 2 aliphatic rings. The van der Waals surface area contributed by atoms with Gasteiger partial charge in [-0.05, 0) is 31.2 Å². The lowest BCUT2D eigenvalue weighted by Crippen LogP contribution is -2.47. The van der Waals surface area contributed by atoms with E-state index in [2.05, 4.69) is 35.9 Å². The van der Waals surface area contributed by atoms with E-state index in [-0.39, 0.29) is 24.8 Å². The first-order valence-corrected chi connectivity index (χ1v) is 13.4. The molecule has 41 heavy (non-hydrogen) atoms. The minimum absolute atomic E-state index is 0.0342. The van der Waals surface area contributed by atoms with Crippen molar-refractivity contribution in [3.63, 3.8) is 0 Å². The van der Waals surface area contributed by atoms with Gasteiger partial charge in [0, 0.05) is 64.0 Å². The van der Waals surface area contributed by atoms with Crippen LogP contribution < -0.4 is 31.5 Å². The highest BCUT2D eigenvalue weighted by Gasteiger charge is 2.30. The molecule has 2 saturated heterocycles. The van der Waals surface area contributed by atoms with Crippen molar-refractivity contribution in [2.75, 3.05) is 73.9 Å². The van der Waals surface area contributed by atoms with Gasteiger partial charge in [0.2, 0.25) is 5.95 Å². The fourth-order valence-corrected chi connectivity index (χ4v) is 4.43. The Bertz CT molecular complexity index is 1230. The molecule has 2 aromatic rings. The molecule has 0 aliphatic carbocycles. The molecule has 2 aliphatic heterocycles. The number of hydrogen-bond acceptors (Lipinski definition) is 14. The molecule has 220 valence electrons. The summed E-state index contributed by atoms with van der Waals surface area (Å²) in [5, 5.41) is 11.0. The number of hydrazine groups is 1. The number of benzene rings is 1. The van der Waals surface area contributed by atoms with Crippen molar-refractivity contribution < 1.29 is 28.6 Å². The van der Waals surface area contributed by atoms with Gasteiger partial charge in [-0.25, -0.2) is 4.79 Å². The van der Waals surface area contributed by atoms with Gasteiger partial charge in [0.05, 0.1) is 12.2 Å². The van der Waals surface area contributed by atoms with Crippen LogP contribution in [0.5, 0.6) is 5.75 Å². The number of cyclic esters (lactones) is 1. The molecule has 0 bridgehead atoms. The Morgan fingerprint density at radius 2 is 1.90 bits per heavy atom. The number of hydrogen-bond donors (Lipinski definition) is 5. The number of nitrogens with zero attached hydrogens (tertiary/aromatic N) is 4. The first kappa shape index (κ1) is 29.3. The zero-order chi connectivity index (χ0) is 29.2. The molecule has 3 heterocycles. The minimum Gasteiger partial charge on any atom is -0.482 e. The van der Waals surface area contributed by atoms with Crippen molar-refractivity contribution >= 4 is 47.3 Å². The Labute approximate surface area is 237 Å². The summed E-state index contributed by atoms with van der Waals surface area (Å²) in [4.78, 5) is 47.9. The van der Waals surface area contributed by atoms with E-state index in [9.17, 15) is 14.4 Å². The molecule has 1 atom stereocenters. The summed E-state index contributed by atoms with van der Waals surface area (Å²) < 4.78 is 15.3. The van der Waals surface area contributed by atoms with E-state index in [0.29, 0.717) is 36.7 Å². The van der Waals surface area contributed by atoms with Crippen molar-refractivity contribution in [2.45, 2.75) is 25.9 Å². The highest BCUT2D eigenvalue weighted by Crippen LogP contribution is 2.22. The van der Waals surface area contributed by atoms with E-state index in [1.165, 1.54) is 0 Å². The number of piperazine rings is 1. The van der Waals surface area contributed by atoms with Crippen LogP contribution in [0.2, 0.25) is 0 Å². The van der Waals surface area contributed by atoms with Gasteiger partial charge < -0.3 is 35.6 Å². The smallest absolute Gasteiger partial charge is 0.344 e. The Kier molecular flexibility index (Phi) is 10.1. The van der Waals surface area contributed by atoms with Gasteiger partial charge in [-0.15, -0.1) is 0 Å². The van der Waals surface area contributed by atoms with Crippen LogP contribution in [0.25, 0.3) is 0 Å². The van der Waals surface area contributed by atoms with Crippen LogP contribution >= 0.6 is 0 Å². The maximum atomic E-state index is 12.3. The second-order valence-corrected chi connectivity index (χ2v) is 9.31. The normalized spacial score (nSPS) is 17.0. The van der Waals surface area contributed by atoms with E-state index in [4.69, 9.17) is 25.4 Å². The lowest BCUT2D eigenvalue weighted by atomic mass is 10.2. The number of anilines is 4. The molecule has 1 aromatic carbocycles. The first-order valence-electron chi connectivity index (χ1n) is 13.4.